The first kappa shape index (κ1) is 12.0. The Kier molecular flexibility index (Phi) is 3.33. The number of hydrogen-bond acceptors (Lipinski definition) is 4. The van der Waals surface area contributed by atoms with E-state index in [1.54, 1.807) is 0 Å². The Labute approximate surface area is 112 Å². The zero-order valence-corrected chi connectivity index (χ0v) is 10.7. The Morgan fingerprint density at radius 3 is 2.95 bits per heavy atom. The Morgan fingerprint density at radius 1 is 1.16 bits per heavy atom. The predicted molar refractivity (Wildman–Crippen MR) is 74.8 cm³/mol. The fourth-order valence-electron chi connectivity index (χ4n) is 2.44. The van der Waals surface area contributed by atoms with Gasteiger partial charge in [-0.05, 0) is 54.7 Å². The summed E-state index contributed by atoms with van der Waals surface area (Å²) in [5, 5.41) is 0. The van der Waals surface area contributed by atoms with Crippen LogP contribution in [-0.4, -0.2) is 4.98 Å². The van der Waals surface area contributed by atoms with Gasteiger partial charge in [-0.25, -0.2) is 10.8 Å². The molecule has 1 aliphatic rings. The van der Waals surface area contributed by atoms with Crippen LogP contribution in [0.3, 0.4) is 0 Å². The van der Waals surface area contributed by atoms with E-state index < -0.39 is 0 Å². The largest absolute Gasteiger partial charge is 0.487 e. The highest BCUT2D eigenvalue weighted by Crippen LogP contribution is 2.26. The minimum atomic E-state index is 0.453. The maximum Gasteiger partial charge on any atom is 0.140 e. The third-order valence-electron chi connectivity index (χ3n) is 3.41. The van der Waals surface area contributed by atoms with Gasteiger partial charge in [-0.3, -0.25) is 0 Å². The Balaban J connectivity index is 1.68. The summed E-state index contributed by atoms with van der Waals surface area (Å²) in [6.45, 7) is 0.453. The first-order valence-electron chi connectivity index (χ1n) is 6.52. The smallest absolute Gasteiger partial charge is 0.140 e. The summed E-state index contributed by atoms with van der Waals surface area (Å²) in [7, 11) is 0. The van der Waals surface area contributed by atoms with E-state index in [-0.39, 0.29) is 0 Å². The number of hydrogen-bond donors (Lipinski definition) is 2. The van der Waals surface area contributed by atoms with Crippen LogP contribution in [0.25, 0.3) is 0 Å². The van der Waals surface area contributed by atoms with Crippen molar-refractivity contribution in [3.05, 3.63) is 53.2 Å². The summed E-state index contributed by atoms with van der Waals surface area (Å²) in [4.78, 5) is 4.32. The number of aromatic nitrogens is 1. The molecule has 0 fully saturated rings. The van der Waals surface area contributed by atoms with Crippen molar-refractivity contribution in [2.24, 2.45) is 5.84 Å². The molecular weight excluding hydrogens is 238 g/mol. The highest BCUT2D eigenvalue weighted by Gasteiger charge is 2.11. The number of aryl methyl sites for hydroxylation is 2. The molecule has 0 aliphatic heterocycles. The van der Waals surface area contributed by atoms with Crippen LogP contribution in [-0.2, 0) is 19.4 Å². The van der Waals surface area contributed by atoms with Crippen molar-refractivity contribution in [3.8, 4) is 5.75 Å². The molecule has 19 heavy (non-hydrogen) atoms. The molecule has 1 heterocycles. The summed E-state index contributed by atoms with van der Waals surface area (Å²) >= 11 is 0. The molecule has 0 amide bonds. The molecule has 98 valence electrons. The van der Waals surface area contributed by atoms with E-state index in [1.165, 1.54) is 24.0 Å². The predicted octanol–water partition coefficient (Wildman–Crippen LogP) is 2.43. The van der Waals surface area contributed by atoms with Gasteiger partial charge in [0, 0.05) is 0 Å². The molecule has 0 bridgehead atoms. The van der Waals surface area contributed by atoms with Crippen molar-refractivity contribution < 1.29 is 4.74 Å². The van der Waals surface area contributed by atoms with Crippen LogP contribution in [0.2, 0.25) is 0 Å². The average molecular weight is 255 g/mol. The first-order chi connectivity index (χ1) is 9.35. The van der Waals surface area contributed by atoms with E-state index in [0.717, 1.165) is 17.9 Å². The normalized spacial score (nSPS) is 13.1. The molecule has 3 rings (SSSR count). The SMILES string of the molecule is NNc1cccc(COc2ccc3c(c2)CCC3)n1. The van der Waals surface area contributed by atoms with Gasteiger partial charge in [-0.15, -0.1) is 0 Å². The van der Waals surface area contributed by atoms with Crippen molar-refractivity contribution in [1.82, 2.24) is 4.98 Å². The van der Waals surface area contributed by atoms with Gasteiger partial charge >= 0.3 is 0 Å². The lowest BCUT2D eigenvalue weighted by Gasteiger charge is -2.08. The monoisotopic (exact) mass is 255 g/mol. The quantitative estimate of drug-likeness (QED) is 0.650. The molecule has 1 aliphatic carbocycles. The summed E-state index contributed by atoms with van der Waals surface area (Å²) in [6.07, 6.45) is 3.61. The lowest BCUT2D eigenvalue weighted by atomic mass is 10.1. The number of nitrogen functional groups attached to an aromatic ring is 1. The minimum Gasteiger partial charge on any atom is -0.487 e. The summed E-state index contributed by atoms with van der Waals surface area (Å²) in [5.41, 5.74) is 6.27. The molecule has 0 radical (unpaired) electrons. The number of nitrogens with two attached hydrogens (primary N) is 1. The Morgan fingerprint density at radius 2 is 2.05 bits per heavy atom. The topological polar surface area (TPSA) is 60.2 Å². The van der Waals surface area contributed by atoms with Crippen molar-refractivity contribution >= 4 is 5.82 Å². The molecule has 3 N–H and O–H groups in total. The first-order valence-corrected chi connectivity index (χ1v) is 6.52. The molecular formula is C15H17N3O. The number of pyridine rings is 1. The molecule has 0 saturated heterocycles. The molecule has 0 saturated carbocycles. The molecule has 0 spiro atoms. The van der Waals surface area contributed by atoms with E-state index in [1.807, 2.05) is 24.3 Å². The average Bonchev–Trinajstić information content (AvgIpc) is 2.93. The lowest BCUT2D eigenvalue weighted by molar-refractivity contribution is 0.301. The molecule has 1 aromatic carbocycles. The number of nitrogens with one attached hydrogen (secondary N) is 1. The van der Waals surface area contributed by atoms with Crippen LogP contribution >= 0.6 is 0 Å². The second kappa shape index (κ2) is 5.28. The lowest BCUT2D eigenvalue weighted by Crippen LogP contribution is -2.09. The van der Waals surface area contributed by atoms with Crippen LogP contribution in [0.4, 0.5) is 5.82 Å². The van der Waals surface area contributed by atoms with E-state index >= 15 is 0 Å². The number of hydrazine groups is 1. The number of rotatable bonds is 4. The summed E-state index contributed by atoms with van der Waals surface area (Å²) < 4.78 is 5.79. The fraction of sp³-hybridized carbons (Fsp3) is 0.267. The van der Waals surface area contributed by atoms with Crippen LogP contribution in [0.1, 0.15) is 23.2 Å². The highest BCUT2D eigenvalue weighted by molar-refractivity contribution is 5.38. The molecule has 4 heteroatoms. The summed E-state index contributed by atoms with van der Waals surface area (Å²) in [5.74, 6) is 6.89. The van der Waals surface area contributed by atoms with Crippen molar-refractivity contribution in [1.29, 1.82) is 0 Å². The zero-order chi connectivity index (χ0) is 13.1. The Hall–Kier alpha value is -2.07. The molecule has 2 aromatic rings. The third-order valence-corrected chi connectivity index (χ3v) is 3.41. The van der Waals surface area contributed by atoms with Gasteiger partial charge in [-0.1, -0.05) is 12.1 Å². The standard InChI is InChI=1S/C15H17N3O/c16-18-15-6-2-5-13(17-15)10-19-14-8-7-11-3-1-4-12(11)9-14/h2,5-9H,1,3-4,10,16H2,(H,17,18). The molecule has 4 nitrogen and oxygen atoms in total. The fourth-order valence-corrected chi connectivity index (χ4v) is 2.44. The number of nitrogens with zero attached hydrogens (tertiary/aromatic N) is 1. The van der Waals surface area contributed by atoms with Gasteiger partial charge in [0.05, 0.1) is 5.69 Å². The minimum absolute atomic E-state index is 0.453. The number of anilines is 1. The van der Waals surface area contributed by atoms with E-state index in [2.05, 4.69) is 22.5 Å². The van der Waals surface area contributed by atoms with Crippen LogP contribution < -0.4 is 16.0 Å². The second-order valence-corrected chi connectivity index (χ2v) is 4.73. The van der Waals surface area contributed by atoms with Gasteiger partial charge in [-0.2, -0.15) is 0 Å². The molecule has 0 unspecified atom stereocenters. The van der Waals surface area contributed by atoms with Crippen molar-refractivity contribution in [2.75, 3.05) is 5.43 Å². The van der Waals surface area contributed by atoms with E-state index in [0.29, 0.717) is 12.4 Å². The maximum absolute atomic E-state index is 5.79. The van der Waals surface area contributed by atoms with E-state index in [4.69, 9.17) is 10.6 Å². The maximum atomic E-state index is 5.79. The zero-order valence-electron chi connectivity index (χ0n) is 10.7. The van der Waals surface area contributed by atoms with Crippen LogP contribution in [0.15, 0.2) is 36.4 Å². The van der Waals surface area contributed by atoms with Crippen LogP contribution in [0.5, 0.6) is 5.75 Å². The van der Waals surface area contributed by atoms with Gasteiger partial charge in [0.1, 0.15) is 18.2 Å². The van der Waals surface area contributed by atoms with Crippen molar-refractivity contribution in [2.45, 2.75) is 25.9 Å². The summed E-state index contributed by atoms with van der Waals surface area (Å²) in [6, 6.07) is 12.0. The molecule has 0 atom stereocenters. The van der Waals surface area contributed by atoms with Crippen LogP contribution in [0, 0.1) is 0 Å². The van der Waals surface area contributed by atoms with Gasteiger partial charge < -0.3 is 10.2 Å². The van der Waals surface area contributed by atoms with Gasteiger partial charge in [0.2, 0.25) is 0 Å². The third kappa shape index (κ3) is 2.69. The number of fused-ring (bicyclic) bond motifs is 1. The second-order valence-electron chi connectivity index (χ2n) is 4.73. The van der Waals surface area contributed by atoms with Crippen molar-refractivity contribution in [3.63, 3.8) is 0 Å². The van der Waals surface area contributed by atoms with E-state index in [9.17, 15) is 0 Å². The number of ether oxygens (including phenoxy) is 1. The van der Waals surface area contributed by atoms with Gasteiger partial charge in [0.15, 0.2) is 0 Å². The highest BCUT2D eigenvalue weighted by atomic mass is 16.5. The van der Waals surface area contributed by atoms with Gasteiger partial charge in [0.25, 0.3) is 0 Å². The Bertz CT molecular complexity index is 583. The number of benzene rings is 1. The molecule has 1 aromatic heterocycles.